The first-order valence-corrected chi connectivity index (χ1v) is 8.82. The predicted molar refractivity (Wildman–Crippen MR) is 109 cm³/mol. The summed E-state index contributed by atoms with van der Waals surface area (Å²) in [7, 11) is 0. The Labute approximate surface area is 170 Å². The number of nitrogens with one attached hydrogen (secondary N) is 1. The topological polar surface area (TPSA) is 102 Å². The summed E-state index contributed by atoms with van der Waals surface area (Å²) in [5, 5.41) is 2.72. The zero-order valence-corrected chi connectivity index (χ0v) is 15.9. The van der Waals surface area contributed by atoms with Crippen LogP contribution in [0.3, 0.4) is 0 Å². The summed E-state index contributed by atoms with van der Waals surface area (Å²) in [5.74, 6) is -1.53. The van der Waals surface area contributed by atoms with E-state index in [0.29, 0.717) is 11.3 Å². The van der Waals surface area contributed by atoms with Crippen LogP contribution in [0, 0.1) is 0 Å². The van der Waals surface area contributed by atoms with Crippen LogP contribution in [0.25, 0.3) is 6.08 Å². The molecule has 3 amide bonds. The van der Waals surface area contributed by atoms with Crippen molar-refractivity contribution in [1.82, 2.24) is 5.32 Å². The fraction of sp³-hybridized carbons (Fsp3) is 0.0526. The molecule has 1 aliphatic heterocycles. The van der Waals surface area contributed by atoms with E-state index in [1.807, 2.05) is 0 Å². The number of carbonyl (C=O) groups excluding carboxylic acids is 3. The zero-order valence-electron chi connectivity index (χ0n) is 14.3. The first-order valence-electron chi connectivity index (χ1n) is 8.04. The van der Waals surface area contributed by atoms with Gasteiger partial charge in [-0.2, -0.15) is 0 Å². The molecule has 1 aliphatic rings. The molecule has 0 spiro atoms. The Morgan fingerprint density at radius 3 is 2.57 bits per heavy atom. The Hall–Kier alpha value is -3.23. The number of hydrogen-bond donors (Lipinski definition) is 2. The molecule has 0 atom stereocenters. The number of ether oxygens (including phenoxy) is 1. The maximum atomic E-state index is 12.9. The molecule has 1 saturated heterocycles. The highest BCUT2D eigenvalue weighted by Gasteiger charge is 2.34. The highest BCUT2D eigenvalue weighted by molar-refractivity contribution is 7.80. The van der Waals surface area contributed by atoms with Crippen LogP contribution in [0.1, 0.15) is 5.56 Å². The number of nitrogens with two attached hydrogens (primary N) is 1. The van der Waals surface area contributed by atoms with E-state index in [0.717, 1.165) is 0 Å². The van der Waals surface area contributed by atoms with Crippen molar-refractivity contribution in [1.29, 1.82) is 0 Å². The minimum atomic E-state index is -0.635. The van der Waals surface area contributed by atoms with Gasteiger partial charge in [0.05, 0.1) is 10.7 Å². The number of rotatable bonds is 5. The quantitative estimate of drug-likeness (QED) is 0.442. The van der Waals surface area contributed by atoms with Crippen LogP contribution in [0.4, 0.5) is 5.69 Å². The summed E-state index contributed by atoms with van der Waals surface area (Å²) in [6.07, 6.45) is 1.40. The average molecular weight is 416 g/mol. The number of carbonyl (C=O) groups is 3. The van der Waals surface area contributed by atoms with Crippen molar-refractivity contribution in [2.45, 2.75) is 0 Å². The molecule has 0 saturated carbocycles. The summed E-state index contributed by atoms with van der Waals surface area (Å²) in [6, 6.07) is 13.4. The van der Waals surface area contributed by atoms with E-state index in [4.69, 9.17) is 34.3 Å². The van der Waals surface area contributed by atoms with Gasteiger partial charge in [-0.25, -0.2) is 0 Å². The third-order valence-electron chi connectivity index (χ3n) is 3.75. The number of amides is 3. The van der Waals surface area contributed by atoms with Crippen LogP contribution in [0.5, 0.6) is 5.75 Å². The van der Waals surface area contributed by atoms with E-state index < -0.39 is 17.7 Å². The third kappa shape index (κ3) is 4.19. The van der Waals surface area contributed by atoms with Crippen LogP contribution in [-0.4, -0.2) is 29.4 Å². The zero-order chi connectivity index (χ0) is 20.3. The van der Waals surface area contributed by atoms with Crippen molar-refractivity contribution in [2.75, 3.05) is 11.5 Å². The van der Waals surface area contributed by atoms with Crippen molar-refractivity contribution >= 4 is 58.4 Å². The van der Waals surface area contributed by atoms with Gasteiger partial charge in [0.2, 0.25) is 0 Å². The van der Waals surface area contributed by atoms with Crippen LogP contribution >= 0.6 is 23.8 Å². The molecule has 3 N–H and O–H groups in total. The lowest BCUT2D eigenvalue weighted by atomic mass is 10.1. The Balaban J connectivity index is 1.91. The molecule has 28 heavy (non-hydrogen) atoms. The van der Waals surface area contributed by atoms with E-state index in [-0.39, 0.29) is 28.1 Å². The summed E-state index contributed by atoms with van der Waals surface area (Å²) >= 11 is 11.3. The second-order valence-corrected chi connectivity index (χ2v) is 6.53. The molecule has 142 valence electrons. The van der Waals surface area contributed by atoms with Crippen molar-refractivity contribution in [3.8, 4) is 5.75 Å². The number of halogens is 1. The third-order valence-corrected chi connectivity index (χ3v) is 4.33. The number of thiocarbonyl (C=S) groups is 1. The highest BCUT2D eigenvalue weighted by Crippen LogP contribution is 2.27. The molecule has 0 bridgehead atoms. The lowest BCUT2D eigenvalue weighted by Crippen LogP contribution is -2.54. The molecular weight excluding hydrogens is 402 g/mol. The standard InChI is InChI=1S/C19H14ClN3O4S/c20-14-9-11(6-7-15(14)27-10-16(21)24)8-13-17(25)22-19(28)23(18(13)26)12-4-2-1-3-5-12/h1-9H,10H2,(H2,21,24)(H,22,25,28). The molecule has 0 unspecified atom stereocenters. The Morgan fingerprint density at radius 2 is 1.93 bits per heavy atom. The van der Waals surface area contributed by atoms with Crippen LogP contribution in [0.2, 0.25) is 5.02 Å². The van der Waals surface area contributed by atoms with Crippen molar-refractivity contribution < 1.29 is 19.1 Å². The number of anilines is 1. The van der Waals surface area contributed by atoms with Gasteiger partial charge < -0.3 is 10.5 Å². The van der Waals surface area contributed by atoms with Crippen molar-refractivity contribution in [3.05, 3.63) is 64.7 Å². The van der Waals surface area contributed by atoms with Crippen LogP contribution in [0.15, 0.2) is 54.1 Å². The van der Waals surface area contributed by atoms with E-state index in [1.54, 1.807) is 36.4 Å². The number of para-hydroxylation sites is 1. The maximum absolute atomic E-state index is 12.9. The molecule has 0 radical (unpaired) electrons. The number of primary amides is 1. The van der Waals surface area contributed by atoms with Crippen molar-refractivity contribution in [3.63, 3.8) is 0 Å². The molecule has 0 aromatic heterocycles. The minimum absolute atomic E-state index is 0.00609. The van der Waals surface area contributed by atoms with Crippen LogP contribution < -0.4 is 20.7 Å². The molecule has 2 aromatic carbocycles. The second-order valence-electron chi connectivity index (χ2n) is 5.74. The van der Waals surface area contributed by atoms with E-state index in [9.17, 15) is 14.4 Å². The summed E-state index contributed by atoms with van der Waals surface area (Å²) in [6.45, 7) is -0.315. The molecule has 3 rings (SSSR count). The normalized spacial score (nSPS) is 15.5. The van der Waals surface area contributed by atoms with Gasteiger partial charge in [0.1, 0.15) is 11.3 Å². The lowest BCUT2D eigenvalue weighted by molar-refractivity contribution is -0.122. The molecular formula is C19H14ClN3O4S. The minimum Gasteiger partial charge on any atom is -0.482 e. The molecule has 2 aromatic rings. The largest absolute Gasteiger partial charge is 0.482 e. The SMILES string of the molecule is NC(=O)COc1ccc(C=C2C(=O)NC(=S)N(c3ccccc3)C2=O)cc1Cl. The molecule has 0 aliphatic carbocycles. The Bertz CT molecular complexity index is 1010. The monoisotopic (exact) mass is 415 g/mol. The maximum Gasteiger partial charge on any atom is 0.270 e. The smallest absolute Gasteiger partial charge is 0.270 e. The number of nitrogens with zero attached hydrogens (tertiary/aromatic N) is 1. The van der Waals surface area contributed by atoms with Gasteiger partial charge in [0.15, 0.2) is 11.7 Å². The predicted octanol–water partition coefficient (Wildman–Crippen LogP) is 2.04. The second kappa shape index (κ2) is 8.20. The van der Waals surface area contributed by atoms with Crippen molar-refractivity contribution in [2.24, 2.45) is 5.73 Å². The number of hydrogen-bond acceptors (Lipinski definition) is 5. The van der Waals surface area contributed by atoms with Crippen LogP contribution in [-0.2, 0) is 14.4 Å². The first kappa shape index (κ1) is 19.5. The molecule has 1 heterocycles. The highest BCUT2D eigenvalue weighted by atomic mass is 35.5. The van der Waals surface area contributed by atoms with Gasteiger partial charge in [-0.1, -0.05) is 35.9 Å². The summed E-state index contributed by atoms with van der Waals surface area (Å²) < 4.78 is 5.18. The fourth-order valence-electron chi connectivity index (χ4n) is 2.51. The summed E-state index contributed by atoms with van der Waals surface area (Å²) in [4.78, 5) is 37.2. The molecule has 7 nitrogen and oxygen atoms in total. The molecule has 9 heteroatoms. The van der Waals surface area contributed by atoms with Gasteiger partial charge in [0, 0.05) is 0 Å². The Kier molecular flexibility index (Phi) is 5.72. The average Bonchev–Trinajstić information content (AvgIpc) is 2.65. The van der Waals surface area contributed by atoms with Gasteiger partial charge in [0.25, 0.3) is 17.7 Å². The number of benzene rings is 2. The lowest BCUT2D eigenvalue weighted by Gasteiger charge is -2.28. The Morgan fingerprint density at radius 1 is 1.21 bits per heavy atom. The molecule has 1 fully saturated rings. The van der Waals surface area contributed by atoms with Gasteiger partial charge in [-0.05, 0) is 48.1 Å². The first-order chi connectivity index (χ1) is 13.4. The van der Waals surface area contributed by atoms with Gasteiger partial charge in [-0.3, -0.25) is 24.6 Å². The van der Waals surface area contributed by atoms with E-state index in [2.05, 4.69) is 5.32 Å². The van der Waals surface area contributed by atoms with E-state index >= 15 is 0 Å². The van der Waals surface area contributed by atoms with Gasteiger partial charge in [-0.15, -0.1) is 0 Å². The summed E-state index contributed by atoms with van der Waals surface area (Å²) in [5.41, 5.74) is 5.97. The van der Waals surface area contributed by atoms with E-state index in [1.165, 1.54) is 23.1 Å². The fourth-order valence-corrected chi connectivity index (χ4v) is 3.03. The van der Waals surface area contributed by atoms with Gasteiger partial charge >= 0.3 is 0 Å².